The zero-order valence-electron chi connectivity index (χ0n) is 21.6. The Kier molecular flexibility index (Phi) is 10.6. The molecule has 7 heteroatoms. The van der Waals surface area contributed by atoms with E-state index in [1.807, 2.05) is 27.1 Å². The molecule has 190 valence electrons. The molecule has 0 amide bonds. The van der Waals surface area contributed by atoms with Gasteiger partial charge in [0.15, 0.2) is 0 Å². The number of hydrogen-bond acceptors (Lipinski definition) is 7. The van der Waals surface area contributed by atoms with E-state index < -0.39 is 0 Å². The second-order valence-corrected chi connectivity index (χ2v) is 8.22. The molecule has 35 heavy (non-hydrogen) atoms. The van der Waals surface area contributed by atoms with Crippen molar-refractivity contribution in [1.82, 2.24) is 15.5 Å². The lowest BCUT2D eigenvalue weighted by atomic mass is 10.1. The number of dihydropyridines is 1. The van der Waals surface area contributed by atoms with Crippen LogP contribution in [0.15, 0.2) is 72.1 Å². The van der Waals surface area contributed by atoms with Crippen LogP contribution < -0.4 is 16.0 Å². The van der Waals surface area contributed by atoms with Crippen molar-refractivity contribution in [3.8, 4) is 0 Å². The maximum Gasteiger partial charge on any atom is 0.139 e. The lowest BCUT2D eigenvalue weighted by molar-refractivity contribution is 0.0304. The van der Waals surface area contributed by atoms with Crippen LogP contribution in [0.1, 0.15) is 30.5 Å². The third-order valence-electron chi connectivity index (χ3n) is 6.06. The van der Waals surface area contributed by atoms with Crippen molar-refractivity contribution >= 4 is 5.69 Å². The fourth-order valence-corrected chi connectivity index (χ4v) is 4.24. The van der Waals surface area contributed by atoms with E-state index in [1.165, 1.54) is 16.7 Å². The third kappa shape index (κ3) is 7.08. The largest absolute Gasteiger partial charge is 0.493 e. The van der Waals surface area contributed by atoms with Crippen molar-refractivity contribution in [2.45, 2.75) is 45.9 Å². The summed E-state index contributed by atoms with van der Waals surface area (Å²) in [6, 6.07) is 16.8. The third-order valence-corrected chi connectivity index (χ3v) is 6.06. The quantitative estimate of drug-likeness (QED) is 0.441. The van der Waals surface area contributed by atoms with Crippen LogP contribution in [0.5, 0.6) is 0 Å². The minimum atomic E-state index is -0.240. The molecule has 1 fully saturated rings. The first-order valence-corrected chi connectivity index (χ1v) is 12.3. The highest BCUT2D eigenvalue weighted by Crippen LogP contribution is 2.25. The molecule has 2 atom stereocenters. The molecule has 0 bridgehead atoms. The van der Waals surface area contributed by atoms with Crippen LogP contribution in [0.3, 0.4) is 0 Å². The summed E-state index contributed by atoms with van der Waals surface area (Å²) in [7, 11) is 5.37. The van der Waals surface area contributed by atoms with Gasteiger partial charge in [0.25, 0.3) is 0 Å². The number of morpholine rings is 1. The summed E-state index contributed by atoms with van der Waals surface area (Å²) < 4.78 is 17.2. The predicted octanol–water partition coefficient (Wildman–Crippen LogP) is 4.19. The first-order chi connectivity index (χ1) is 17.2. The lowest BCUT2D eigenvalue weighted by Gasteiger charge is -2.40. The standard InChI is InChI=1S/C26H34N4O3.C2H6/c1-27-23-10-8-19(9-11-23)15-29-26(32-3)22-14-24-25(28-16-22)30(12-13-33-24)17-20-6-4-5-7-21(20)18-31-2;1-2/h4-11,14,16,25-29H,12-13,15,17-18H2,1-3H3;1-2H3. The highest BCUT2D eigenvalue weighted by atomic mass is 16.5. The van der Waals surface area contributed by atoms with Crippen LogP contribution >= 0.6 is 0 Å². The fraction of sp³-hybridized carbons (Fsp3) is 0.429. The number of fused-ring (bicyclic) bond motifs is 1. The number of methoxy groups -OCH3 is 2. The molecule has 2 unspecified atom stereocenters. The van der Waals surface area contributed by atoms with E-state index in [9.17, 15) is 0 Å². The number of hydrogen-bond donors (Lipinski definition) is 3. The average molecular weight is 481 g/mol. The van der Waals surface area contributed by atoms with Crippen molar-refractivity contribution < 1.29 is 14.2 Å². The molecular weight excluding hydrogens is 440 g/mol. The summed E-state index contributed by atoms with van der Waals surface area (Å²) >= 11 is 0. The second-order valence-electron chi connectivity index (χ2n) is 8.22. The van der Waals surface area contributed by atoms with E-state index in [2.05, 4.69) is 75.5 Å². The molecule has 0 radical (unpaired) electrons. The van der Waals surface area contributed by atoms with Crippen LogP contribution in [-0.4, -0.2) is 51.7 Å². The maximum absolute atomic E-state index is 6.04. The zero-order chi connectivity index (χ0) is 25.0. The van der Waals surface area contributed by atoms with Crippen molar-refractivity contribution in [2.24, 2.45) is 0 Å². The number of nitrogens with one attached hydrogen (secondary N) is 3. The molecule has 2 heterocycles. The number of benzene rings is 2. The Hall–Kier alpha value is -2.84. The van der Waals surface area contributed by atoms with Gasteiger partial charge in [0.05, 0.1) is 6.61 Å². The van der Waals surface area contributed by atoms with Crippen LogP contribution in [0.2, 0.25) is 0 Å². The zero-order valence-corrected chi connectivity index (χ0v) is 21.6. The summed E-state index contributed by atoms with van der Waals surface area (Å²) in [5.74, 6) is 0.921. The molecule has 2 aliphatic heterocycles. The van der Waals surface area contributed by atoms with Gasteiger partial charge >= 0.3 is 0 Å². The van der Waals surface area contributed by atoms with Gasteiger partial charge in [-0.25, -0.2) is 0 Å². The Labute approximate surface area is 210 Å². The Bertz CT molecular complexity index is 974. The van der Waals surface area contributed by atoms with Gasteiger partial charge in [-0.2, -0.15) is 0 Å². The first-order valence-electron chi connectivity index (χ1n) is 12.3. The Balaban J connectivity index is 0.00000167. The highest BCUT2D eigenvalue weighted by molar-refractivity contribution is 5.43. The van der Waals surface area contributed by atoms with Crippen molar-refractivity contribution in [3.63, 3.8) is 0 Å². The summed E-state index contributed by atoms with van der Waals surface area (Å²) in [6.07, 6.45) is 3.89. The minimum absolute atomic E-state index is 0.00435. The molecule has 0 aliphatic carbocycles. The van der Waals surface area contributed by atoms with Crippen molar-refractivity contribution in [1.29, 1.82) is 0 Å². The summed E-state index contributed by atoms with van der Waals surface area (Å²) in [5, 5.41) is 10.2. The van der Waals surface area contributed by atoms with Crippen molar-refractivity contribution in [2.75, 3.05) is 39.7 Å². The molecule has 7 nitrogen and oxygen atoms in total. The molecule has 0 aromatic heterocycles. The number of rotatable bonds is 10. The van der Waals surface area contributed by atoms with E-state index in [1.54, 1.807) is 14.2 Å². The Morgan fingerprint density at radius 1 is 1.09 bits per heavy atom. The van der Waals surface area contributed by atoms with Crippen LogP contribution in [0, 0.1) is 0 Å². The van der Waals surface area contributed by atoms with E-state index in [0.29, 0.717) is 19.8 Å². The predicted molar refractivity (Wildman–Crippen MR) is 142 cm³/mol. The van der Waals surface area contributed by atoms with E-state index in [4.69, 9.17) is 14.2 Å². The summed E-state index contributed by atoms with van der Waals surface area (Å²) in [5.41, 5.74) is 5.80. The maximum atomic E-state index is 6.04. The SMILES string of the molecule is CC.CNc1ccc(CNC(OC)C2=CNC3C(=C2)OCCN3Cc2ccccc2COC)cc1. The molecule has 2 aromatic rings. The summed E-state index contributed by atoms with van der Waals surface area (Å²) in [6.45, 7) is 7.66. The highest BCUT2D eigenvalue weighted by Gasteiger charge is 2.31. The Morgan fingerprint density at radius 3 is 2.51 bits per heavy atom. The van der Waals surface area contributed by atoms with Gasteiger partial charge in [0, 0.05) is 58.4 Å². The van der Waals surface area contributed by atoms with Gasteiger partial charge in [-0.1, -0.05) is 50.2 Å². The molecule has 1 saturated heterocycles. The van der Waals surface area contributed by atoms with Crippen LogP contribution in [0.4, 0.5) is 5.69 Å². The number of nitrogens with zero attached hydrogens (tertiary/aromatic N) is 1. The number of ether oxygens (including phenoxy) is 3. The van der Waals surface area contributed by atoms with Crippen molar-refractivity contribution in [3.05, 3.63) is 88.8 Å². The van der Waals surface area contributed by atoms with E-state index in [0.717, 1.165) is 30.1 Å². The van der Waals surface area contributed by atoms with Gasteiger partial charge in [0.1, 0.15) is 24.8 Å². The Morgan fingerprint density at radius 2 is 1.83 bits per heavy atom. The molecule has 0 saturated carbocycles. The normalized spacial score (nSPS) is 18.0. The summed E-state index contributed by atoms with van der Waals surface area (Å²) in [4.78, 5) is 2.40. The topological polar surface area (TPSA) is 67.0 Å². The van der Waals surface area contributed by atoms with E-state index >= 15 is 0 Å². The fourth-order valence-electron chi connectivity index (χ4n) is 4.24. The van der Waals surface area contributed by atoms with E-state index in [-0.39, 0.29) is 12.4 Å². The van der Waals surface area contributed by atoms with Gasteiger partial charge < -0.3 is 24.8 Å². The molecule has 2 aliphatic rings. The van der Waals surface area contributed by atoms with Gasteiger partial charge in [-0.3, -0.25) is 10.2 Å². The van der Waals surface area contributed by atoms with Gasteiger partial charge in [0.2, 0.25) is 0 Å². The van der Waals surface area contributed by atoms with Crippen LogP contribution in [-0.2, 0) is 33.9 Å². The molecule has 3 N–H and O–H groups in total. The molecular formula is C28H40N4O3. The molecule has 2 aromatic carbocycles. The van der Waals surface area contributed by atoms with Gasteiger partial charge in [-0.15, -0.1) is 0 Å². The monoisotopic (exact) mass is 480 g/mol. The molecule has 0 spiro atoms. The second kappa shape index (κ2) is 13.9. The minimum Gasteiger partial charge on any atom is -0.493 e. The van der Waals surface area contributed by atoms with Gasteiger partial charge in [-0.05, 0) is 34.9 Å². The average Bonchev–Trinajstić information content (AvgIpc) is 2.92. The van der Waals surface area contributed by atoms with Crippen LogP contribution in [0.25, 0.3) is 0 Å². The first kappa shape index (κ1) is 26.8. The lowest BCUT2D eigenvalue weighted by Crippen LogP contribution is -2.52. The smallest absolute Gasteiger partial charge is 0.139 e. The number of anilines is 1. The molecule has 4 rings (SSSR count).